The van der Waals surface area contributed by atoms with E-state index in [0.29, 0.717) is 11.5 Å². The minimum Gasteiger partial charge on any atom is -0.361 e. The molecule has 0 saturated carbocycles. The minimum absolute atomic E-state index is 0.0600. The van der Waals surface area contributed by atoms with Crippen molar-refractivity contribution in [2.45, 2.75) is 33.2 Å². The summed E-state index contributed by atoms with van der Waals surface area (Å²) in [5, 5.41) is 3.98. The van der Waals surface area contributed by atoms with E-state index in [0.717, 1.165) is 22.0 Å². The number of carbonyl (C=O) groups is 1. The first-order chi connectivity index (χ1) is 11.3. The van der Waals surface area contributed by atoms with E-state index >= 15 is 0 Å². The number of rotatable bonds is 5. The van der Waals surface area contributed by atoms with Crippen LogP contribution in [0.4, 0.5) is 16.3 Å². The number of thiazole rings is 1. The Morgan fingerprint density at radius 2 is 2.08 bits per heavy atom. The molecule has 8 heteroatoms. The van der Waals surface area contributed by atoms with Gasteiger partial charge < -0.3 is 15.1 Å². The second kappa shape index (κ2) is 7.57. The van der Waals surface area contributed by atoms with E-state index in [2.05, 4.69) is 27.2 Å². The summed E-state index contributed by atoms with van der Waals surface area (Å²) in [6, 6.07) is -0.263. The van der Waals surface area contributed by atoms with Crippen molar-refractivity contribution in [2.75, 3.05) is 31.4 Å². The van der Waals surface area contributed by atoms with Gasteiger partial charge in [-0.25, -0.2) is 19.7 Å². The van der Waals surface area contributed by atoms with Gasteiger partial charge in [-0.3, -0.25) is 0 Å². The molecule has 0 fully saturated rings. The van der Waals surface area contributed by atoms with Crippen LogP contribution >= 0.6 is 11.3 Å². The van der Waals surface area contributed by atoms with E-state index in [1.807, 2.05) is 32.8 Å². The Labute approximate surface area is 146 Å². The Hall–Kier alpha value is -2.22. The third-order valence-electron chi connectivity index (χ3n) is 3.82. The van der Waals surface area contributed by atoms with Crippen molar-refractivity contribution in [3.63, 3.8) is 0 Å². The van der Waals surface area contributed by atoms with Crippen molar-refractivity contribution >= 4 is 28.9 Å². The summed E-state index contributed by atoms with van der Waals surface area (Å²) < 4.78 is 0. The molecular formula is C16H24N6OS. The molecule has 0 spiro atoms. The summed E-state index contributed by atoms with van der Waals surface area (Å²) in [5.74, 6) is 0.668. The number of carbonyl (C=O) groups excluding carboxylic acids is 1. The van der Waals surface area contributed by atoms with Gasteiger partial charge >= 0.3 is 6.03 Å². The Balaban J connectivity index is 2.16. The van der Waals surface area contributed by atoms with Crippen molar-refractivity contribution in [1.29, 1.82) is 0 Å². The molecule has 0 saturated heterocycles. The highest BCUT2D eigenvalue weighted by Crippen LogP contribution is 2.29. The smallest absolute Gasteiger partial charge is 0.322 e. The highest BCUT2D eigenvalue weighted by atomic mass is 32.1. The molecule has 0 bridgehead atoms. The van der Waals surface area contributed by atoms with Gasteiger partial charge in [0, 0.05) is 26.0 Å². The molecule has 0 radical (unpaired) electrons. The first kappa shape index (κ1) is 18.1. The Morgan fingerprint density at radius 1 is 1.38 bits per heavy atom. The standard InChI is InChI=1S/C16H24N6OS/c1-7-13-19-10(2)14(24-13)11(3)22(6)16(23)20-12-8-17-9-18-15(12)21(4)5/h8-9,11H,7H2,1-6H3,(H,20,23)/t11-/m1/s1. The topological polar surface area (TPSA) is 74.2 Å². The molecule has 1 atom stereocenters. The largest absolute Gasteiger partial charge is 0.361 e. The van der Waals surface area contributed by atoms with Gasteiger partial charge in [0.05, 0.1) is 22.9 Å². The predicted octanol–water partition coefficient (Wildman–Crippen LogP) is 3.09. The van der Waals surface area contributed by atoms with Crippen LogP contribution in [0.25, 0.3) is 0 Å². The number of aryl methyl sites for hydroxylation is 2. The molecule has 0 aliphatic heterocycles. The normalized spacial score (nSPS) is 11.9. The zero-order valence-electron chi connectivity index (χ0n) is 15.0. The van der Waals surface area contributed by atoms with E-state index in [9.17, 15) is 4.79 Å². The Morgan fingerprint density at radius 3 is 2.67 bits per heavy atom. The van der Waals surface area contributed by atoms with Crippen LogP contribution in [0.2, 0.25) is 0 Å². The molecule has 0 aliphatic rings. The van der Waals surface area contributed by atoms with Crippen LogP contribution < -0.4 is 10.2 Å². The second-order valence-electron chi connectivity index (χ2n) is 5.78. The lowest BCUT2D eigenvalue weighted by molar-refractivity contribution is 0.209. The van der Waals surface area contributed by atoms with Crippen molar-refractivity contribution in [2.24, 2.45) is 0 Å². The van der Waals surface area contributed by atoms with Crippen LogP contribution in [0, 0.1) is 6.92 Å². The maximum Gasteiger partial charge on any atom is 0.322 e. The molecule has 2 heterocycles. The van der Waals surface area contributed by atoms with Crippen molar-refractivity contribution in [3.05, 3.63) is 28.1 Å². The quantitative estimate of drug-likeness (QED) is 0.899. The third kappa shape index (κ3) is 3.81. The summed E-state index contributed by atoms with van der Waals surface area (Å²) in [7, 11) is 5.53. The summed E-state index contributed by atoms with van der Waals surface area (Å²) in [5.41, 5.74) is 1.57. The van der Waals surface area contributed by atoms with Gasteiger partial charge in [-0.2, -0.15) is 0 Å². The number of hydrogen-bond donors (Lipinski definition) is 1. The van der Waals surface area contributed by atoms with Crippen LogP contribution in [0.15, 0.2) is 12.5 Å². The SMILES string of the molecule is CCc1nc(C)c([C@@H](C)N(C)C(=O)Nc2cncnc2N(C)C)s1. The Bertz CT molecular complexity index is 714. The van der Waals surface area contributed by atoms with Gasteiger partial charge in [-0.05, 0) is 20.3 Å². The van der Waals surface area contributed by atoms with Crippen LogP contribution in [0.3, 0.4) is 0 Å². The Kier molecular flexibility index (Phi) is 5.71. The molecular weight excluding hydrogens is 324 g/mol. The summed E-state index contributed by atoms with van der Waals surface area (Å²) >= 11 is 1.66. The molecule has 2 aromatic rings. The summed E-state index contributed by atoms with van der Waals surface area (Å²) in [6.45, 7) is 6.08. The maximum atomic E-state index is 12.6. The lowest BCUT2D eigenvalue weighted by Gasteiger charge is -2.25. The lowest BCUT2D eigenvalue weighted by Crippen LogP contribution is -2.34. The molecule has 2 amide bonds. The molecule has 130 valence electrons. The number of nitrogens with one attached hydrogen (secondary N) is 1. The number of anilines is 2. The number of amides is 2. The van der Waals surface area contributed by atoms with E-state index in [1.165, 1.54) is 6.33 Å². The fourth-order valence-electron chi connectivity index (χ4n) is 2.33. The predicted molar refractivity (Wildman–Crippen MR) is 97.8 cm³/mol. The van der Waals surface area contributed by atoms with Gasteiger partial charge in [0.15, 0.2) is 5.82 Å². The monoisotopic (exact) mass is 348 g/mol. The number of urea groups is 1. The van der Waals surface area contributed by atoms with Gasteiger partial charge in [0.1, 0.15) is 12.0 Å². The lowest BCUT2D eigenvalue weighted by atomic mass is 10.2. The molecule has 0 aliphatic carbocycles. The van der Waals surface area contributed by atoms with Crippen molar-refractivity contribution < 1.29 is 4.79 Å². The second-order valence-corrected chi connectivity index (χ2v) is 6.90. The van der Waals surface area contributed by atoms with Crippen LogP contribution in [-0.2, 0) is 6.42 Å². The molecule has 2 aromatic heterocycles. The van der Waals surface area contributed by atoms with Gasteiger partial charge in [-0.1, -0.05) is 6.92 Å². The molecule has 1 N–H and O–H groups in total. The summed E-state index contributed by atoms with van der Waals surface area (Å²) in [6.07, 6.45) is 3.97. The van der Waals surface area contributed by atoms with Gasteiger partial charge in [0.2, 0.25) is 0 Å². The highest BCUT2D eigenvalue weighted by Gasteiger charge is 2.22. The van der Waals surface area contributed by atoms with Crippen LogP contribution in [0.5, 0.6) is 0 Å². The maximum absolute atomic E-state index is 12.6. The first-order valence-electron chi connectivity index (χ1n) is 7.82. The zero-order chi connectivity index (χ0) is 17.9. The molecule has 7 nitrogen and oxygen atoms in total. The minimum atomic E-state index is -0.203. The fourth-order valence-corrected chi connectivity index (χ4v) is 3.43. The number of aromatic nitrogens is 3. The van der Waals surface area contributed by atoms with Crippen LogP contribution in [-0.4, -0.2) is 47.0 Å². The summed E-state index contributed by atoms with van der Waals surface area (Å²) in [4.78, 5) is 30.0. The molecule has 2 rings (SSSR count). The van der Waals surface area contributed by atoms with E-state index in [-0.39, 0.29) is 12.1 Å². The van der Waals surface area contributed by atoms with E-state index in [4.69, 9.17) is 0 Å². The van der Waals surface area contributed by atoms with Crippen molar-refractivity contribution in [1.82, 2.24) is 19.9 Å². The van der Waals surface area contributed by atoms with Crippen molar-refractivity contribution in [3.8, 4) is 0 Å². The average molecular weight is 348 g/mol. The van der Waals surface area contributed by atoms with Gasteiger partial charge in [-0.15, -0.1) is 11.3 Å². The highest BCUT2D eigenvalue weighted by molar-refractivity contribution is 7.11. The van der Waals surface area contributed by atoms with E-state index < -0.39 is 0 Å². The zero-order valence-corrected chi connectivity index (χ0v) is 15.8. The van der Waals surface area contributed by atoms with Crippen LogP contribution in [0.1, 0.15) is 35.5 Å². The van der Waals surface area contributed by atoms with E-state index in [1.54, 1.807) is 29.5 Å². The number of hydrogen-bond acceptors (Lipinski definition) is 6. The van der Waals surface area contributed by atoms with Gasteiger partial charge in [0.25, 0.3) is 0 Å². The number of nitrogens with zero attached hydrogens (tertiary/aromatic N) is 5. The molecule has 24 heavy (non-hydrogen) atoms. The molecule has 0 aromatic carbocycles. The average Bonchev–Trinajstić information content (AvgIpc) is 2.94. The first-order valence-corrected chi connectivity index (χ1v) is 8.64. The molecule has 0 unspecified atom stereocenters. The third-order valence-corrected chi connectivity index (χ3v) is 5.29. The fraction of sp³-hybridized carbons (Fsp3) is 0.500.